The molecule has 1 unspecified atom stereocenters. The van der Waals surface area contributed by atoms with Crippen molar-refractivity contribution in [2.75, 3.05) is 31.6 Å². The Kier molecular flexibility index (Phi) is 4.69. The molecular weight excluding hydrogens is 392 g/mol. The number of nitrogens with zero attached hydrogens (tertiary/aromatic N) is 6. The van der Waals surface area contributed by atoms with E-state index in [-0.39, 0.29) is 11.9 Å². The van der Waals surface area contributed by atoms with Crippen LogP contribution in [0.15, 0.2) is 48.5 Å². The number of amides is 1. The second-order valence-electron chi connectivity index (χ2n) is 7.86. The van der Waals surface area contributed by atoms with Crippen LogP contribution in [0.5, 0.6) is 5.75 Å². The zero-order valence-electron chi connectivity index (χ0n) is 17.8. The summed E-state index contributed by atoms with van der Waals surface area (Å²) in [6, 6.07) is 15.3. The summed E-state index contributed by atoms with van der Waals surface area (Å²) in [5, 5.41) is 9.66. The summed E-state index contributed by atoms with van der Waals surface area (Å²) < 4.78 is 7.21. The third-order valence-corrected chi connectivity index (χ3v) is 5.90. The minimum atomic E-state index is 0.0310. The van der Waals surface area contributed by atoms with E-state index in [2.05, 4.69) is 22.0 Å². The van der Waals surface area contributed by atoms with Gasteiger partial charge in [-0.1, -0.05) is 12.1 Å². The summed E-state index contributed by atoms with van der Waals surface area (Å²) in [4.78, 5) is 22.2. The van der Waals surface area contributed by atoms with E-state index >= 15 is 0 Å². The highest BCUT2D eigenvalue weighted by Crippen LogP contribution is 2.26. The zero-order chi connectivity index (χ0) is 21.5. The number of hydrogen-bond acceptors (Lipinski definition) is 6. The van der Waals surface area contributed by atoms with E-state index in [1.54, 1.807) is 7.11 Å². The number of benzene rings is 2. The molecule has 4 aromatic rings. The number of hydrogen-bond donors (Lipinski definition) is 0. The lowest BCUT2D eigenvalue weighted by Crippen LogP contribution is -2.54. The van der Waals surface area contributed by atoms with Crippen molar-refractivity contribution in [3.63, 3.8) is 0 Å². The smallest absolute Gasteiger partial charge is 0.254 e. The molecule has 158 valence electrons. The van der Waals surface area contributed by atoms with E-state index in [9.17, 15) is 4.79 Å². The van der Waals surface area contributed by atoms with Crippen LogP contribution in [-0.4, -0.2) is 63.2 Å². The first kappa shape index (κ1) is 19.3. The van der Waals surface area contributed by atoms with Gasteiger partial charge in [0.2, 0.25) is 5.95 Å². The highest BCUT2D eigenvalue weighted by Gasteiger charge is 2.30. The van der Waals surface area contributed by atoms with Gasteiger partial charge in [-0.2, -0.15) is 0 Å². The first-order valence-corrected chi connectivity index (χ1v) is 10.4. The van der Waals surface area contributed by atoms with Crippen LogP contribution >= 0.6 is 0 Å². The van der Waals surface area contributed by atoms with E-state index in [0.717, 1.165) is 34.1 Å². The quantitative estimate of drug-likeness (QED) is 0.511. The number of carbonyl (C=O) groups is 1. The van der Waals surface area contributed by atoms with Crippen LogP contribution < -0.4 is 9.64 Å². The zero-order valence-corrected chi connectivity index (χ0v) is 17.8. The number of fused-ring (bicyclic) bond motifs is 3. The summed E-state index contributed by atoms with van der Waals surface area (Å²) in [7, 11) is 1.62. The minimum absolute atomic E-state index is 0.0310. The number of para-hydroxylation sites is 1. The number of carbonyl (C=O) groups excluding carboxylic acids is 1. The molecule has 0 spiro atoms. The topological polar surface area (TPSA) is 75.9 Å². The summed E-state index contributed by atoms with van der Waals surface area (Å²) in [6.45, 7) is 5.99. The van der Waals surface area contributed by atoms with Crippen LogP contribution in [0.3, 0.4) is 0 Å². The molecule has 2 aromatic heterocycles. The highest BCUT2D eigenvalue weighted by atomic mass is 16.5. The Bertz CT molecular complexity index is 1270. The number of piperazine rings is 1. The van der Waals surface area contributed by atoms with E-state index in [4.69, 9.17) is 9.72 Å². The van der Waals surface area contributed by atoms with E-state index < -0.39 is 0 Å². The lowest BCUT2D eigenvalue weighted by Gasteiger charge is -2.40. The van der Waals surface area contributed by atoms with Crippen LogP contribution in [0.1, 0.15) is 23.1 Å². The first-order valence-electron chi connectivity index (χ1n) is 10.4. The van der Waals surface area contributed by atoms with Gasteiger partial charge in [0.25, 0.3) is 5.91 Å². The fourth-order valence-electron chi connectivity index (χ4n) is 4.25. The molecule has 1 atom stereocenters. The SMILES string of the molecule is COc1ccc(C(=O)N2CCN(c3nc4ccccc4c4nnc(C)n34)CC2C)cc1. The monoisotopic (exact) mass is 416 g/mol. The summed E-state index contributed by atoms with van der Waals surface area (Å²) in [5.74, 6) is 2.39. The molecular formula is C23H24N6O2. The fraction of sp³-hybridized carbons (Fsp3) is 0.304. The van der Waals surface area contributed by atoms with Gasteiger partial charge in [-0.3, -0.25) is 4.79 Å². The molecule has 0 aliphatic carbocycles. The van der Waals surface area contributed by atoms with Crippen LogP contribution in [-0.2, 0) is 0 Å². The van der Waals surface area contributed by atoms with Crippen molar-refractivity contribution in [3.8, 4) is 5.75 Å². The number of methoxy groups -OCH3 is 1. The van der Waals surface area contributed by atoms with Gasteiger partial charge in [0.15, 0.2) is 5.65 Å². The van der Waals surface area contributed by atoms with Crippen molar-refractivity contribution in [2.24, 2.45) is 0 Å². The molecule has 1 amide bonds. The third-order valence-electron chi connectivity index (χ3n) is 5.90. The first-order chi connectivity index (χ1) is 15.1. The maximum absolute atomic E-state index is 13.1. The Morgan fingerprint density at radius 1 is 1.06 bits per heavy atom. The molecule has 1 saturated heterocycles. The highest BCUT2D eigenvalue weighted by molar-refractivity contribution is 5.95. The van der Waals surface area contributed by atoms with Gasteiger partial charge in [0.05, 0.1) is 12.6 Å². The maximum atomic E-state index is 13.1. The molecule has 2 aromatic carbocycles. The fourth-order valence-corrected chi connectivity index (χ4v) is 4.25. The predicted octanol–water partition coefficient (Wildman–Crippen LogP) is 2.95. The summed E-state index contributed by atoms with van der Waals surface area (Å²) in [5.41, 5.74) is 2.37. The van der Waals surface area contributed by atoms with Crippen molar-refractivity contribution >= 4 is 28.4 Å². The van der Waals surface area contributed by atoms with Gasteiger partial charge in [-0.15, -0.1) is 10.2 Å². The predicted molar refractivity (Wildman–Crippen MR) is 119 cm³/mol. The van der Waals surface area contributed by atoms with Crippen LogP contribution in [0.4, 0.5) is 5.95 Å². The normalized spacial score (nSPS) is 16.8. The van der Waals surface area contributed by atoms with E-state index in [0.29, 0.717) is 25.2 Å². The second kappa shape index (κ2) is 7.54. The number of aryl methyl sites for hydroxylation is 1. The molecule has 0 bridgehead atoms. The van der Waals surface area contributed by atoms with Crippen molar-refractivity contribution in [1.82, 2.24) is 24.5 Å². The maximum Gasteiger partial charge on any atom is 0.254 e. The van der Waals surface area contributed by atoms with Gasteiger partial charge in [0, 0.05) is 36.6 Å². The average Bonchev–Trinajstić information content (AvgIpc) is 3.20. The van der Waals surface area contributed by atoms with Crippen molar-refractivity contribution in [1.29, 1.82) is 0 Å². The van der Waals surface area contributed by atoms with Crippen LogP contribution in [0.25, 0.3) is 16.6 Å². The van der Waals surface area contributed by atoms with Gasteiger partial charge in [-0.05, 0) is 50.2 Å². The van der Waals surface area contributed by atoms with Crippen LogP contribution in [0.2, 0.25) is 0 Å². The van der Waals surface area contributed by atoms with Crippen molar-refractivity contribution < 1.29 is 9.53 Å². The molecule has 0 saturated carbocycles. The molecule has 5 rings (SSSR count). The summed E-state index contributed by atoms with van der Waals surface area (Å²) >= 11 is 0. The van der Waals surface area contributed by atoms with Crippen molar-refractivity contribution in [3.05, 3.63) is 59.9 Å². The third kappa shape index (κ3) is 3.24. The van der Waals surface area contributed by atoms with Crippen LogP contribution in [0, 0.1) is 6.92 Å². The van der Waals surface area contributed by atoms with E-state index in [1.807, 2.05) is 64.8 Å². The molecule has 1 aliphatic rings. The standard InChI is InChI=1S/C23H24N6O2/c1-15-14-27(12-13-28(15)22(30)17-8-10-18(31-3)11-9-17)23-24-20-7-5-4-6-19(20)21-26-25-16(2)29(21)23/h4-11,15H,12-14H2,1-3H3. The Balaban J connectivity index is 1.44. The molecule has 0 radical (unpaired) electrons. The largest absolute Gasteiger partial charge is 0.497 e. The number of aromatic nitrogens is 4. The molecule has 1 fully saturated rings. The van der Waals surface area contributed by atoms with Gasteiger partial charge in [-0.25, -0.2) is 9.38 Å². The Labute approximate surface area is 180 Å². The Hall–Kier alpha value is -3.68. The van der Waals surface area contributed by atoms with Gasteiger partial charge < -0.3 is 14.5 Å². The molecule has 31 heavy (non-hydrogen) atoms. The summed E-state index contributed by atoms with van der Waals surface area (Å²) in [6.07, 6.45) is 0. The average molecular weight is 416 g/mol. The molecule has 3 heterocycles. The molecule has 8 nitrogen and oxygen atoms in total. The number of rotatable bonds is 3. The second-order valence-corrected chi connectivity index (χ2v) is 7.86. The lowest BCUT2D eigenvalue weighted by molar-refractivity contribution is 0.0673. The number of ether oxygens (including phenoxy) is 1. The van der Waals surface area contributed by atoms with Crippen molar-refractivity contribution in [2.45, 2.75) is 19.9 Å². The molecule has 0 N–H and O–H groups in total. The van der Waals surface area contributed by atoms with Gasteiger partial charge >= 0.3 is 0 Å². The molecule has 1 aliphatic heterocycles. The number of anilines is 1. The van der Waals surface area contributed by atoms with Gasteiger partial charge in [0.1, 0.15) is 11.6 Å². The Morgan fingerprint density at radius 2 is 1.84 bits per heavy atom. The lowest BCUT2D eigenvalue weighted by atomic mass is 10.1. The Morgan fingerprint density at radius 3 is 2.58 bits per heavy atom. The molecule has 8 heteroatoms. The minimum Gasteiger partial charge on any atom is -0.497 e. The van der Waals surface area contributed by atoms with E-state index in [1.165, 1.54) is 0 Å².